The fourth-order valence-electron chi connectivity index (χ4n) is 4.20. The lowest BCUT2D eigenvalue weighted by Gasteiger charge is -2.39. The molecule has 1 saturated heterocycles. The number of ether oxygens (including phenoxy) is 1. The first-order chi connectivity index (χ1) is 18.1. The number of para-hydroxylation sites is 1. The Labute approximate surface area is 231 Å². The SMILES string of the molecule is CC(C)(C)OC(=O)N1CCN(CCC(=O)N[C@@H](Cc2coc3ccccc23)B(O)OC(C)(C)C(C)(C)O)CC1. The number of fused-ring (bicyclic) bond motifs is 1. The molecule has 1 aromatic carbocycles. The highest BCUT2D eigenvalue weighted by Crippen LogP contribution is 2.27. The van der Waals surface area contributed by atoms with Crippen LogP contribution in [0.1, 0.15) is 60.5 Å². The van der Waals surface area contributed by atoms with Crippen LogP contribution in [0.25, 0.3) is 11.0 Å². The molecule has 1 aliphatic heterocycles. The van der Waals surface area contributed by atoms with E-state index in [4.69, 9.17) is 13.8 Å². The Morgan fingerprint density at radius 3 is 2.33 bits per heavy atom. The topological polar surface area (TPSA) is 125 Å². The van der Waals surface area contributed by atoms with Crippen molar-refractivity contribution in [1.29, 1.82) is 0 Å². The van der Waals surface area contributed by atoms with Gasteiger partial charge in [-0.2, -0.15) is 0 Å². The molecule has 0 radical (unpaired) electrons. The van der Waals surface area contributed by atoms with Gasteiger partial charge in [-0.1, -0.05) is 18.2 Å². The Hall–Kier alpha value is -2.60. The number of piperazine rings is 1. The number of amides is 2. The molecule has 3 N–H and O–H groups in total. The average Bonchev–Trinajstić information content (AvgIpc) is 3.23. The molecular weight excluding hydrogens is 501 g/mol. The molecule has 216 valence electrons. The van der Waals surface area contributed by atoms with Gasteiger partial charge in [-0.25, -0.2) is 4.79 Å². The first-order valence-electron chi connectivity index (χ1n) is 13.6. The first kappa shape index (κ1) is 30.9. The van der Waals surface area contributed by atoms with E-state index in [0.717, 1.165) is 16.5 Å². The molecule has 0 saturated carbocycles. The number of benzene rings is 1. The second-order valence-corrected chi connectivity index (χ2v) is 12.3. The van der Waals surface area contributed by atoms with Crippen molar-refractivity contribution in [1.82, 2.24) is 15.1 Å². The summed E-state index contributed by atoms with van der Waals surface area (Å²) in [5, 5.41) is 25.4. The van der Waals surface area contributed by atoms with Crippen LogP contribution in [0.15, 0.2) is 34.9 Å². The number of nitrogens with one attached hydrogen (secondary N) is 1. The lowest BCUT2D eigenvalue weighted by molar-refractivity contribution is -0.122. The molecule has 39 heavy (non-hydrogen) atoms. The Bertz CT molecular complexity index is 1110. The number of rotatable bonds is 10. The third-order valence-electron chi connectivity index (χ3n) is 7.26. The summed E-state index contributed by atoms with van der Waals surface area (Å²) in [7, 11) is -1.37. The second-order valence-electron chi connectivity index (χ2n) is 12.3. The van der Waals surface area contributed by atoms with Crippen LogP contribution < -0.4 is 5.32 Å². The van der Waals surface area contributed by atoms with Gasteiger partial charge in [0.2, 0.25) is 5.91 Å². The molecule has 11 heteroatoms. The molecular formula is C28H44BN3O7. The van der Waals surface area contributed by atoms with Gasteiger partial charge in [-0.05, 0) is 66.5 Å². The maximum Gasteiger partial charge on any atom is 0.479 e. The van der Waals surface area contributed by atoms with E-state index in [1.54, 1.807) is 38.9 Å². The number of furan rings is 1. The third-order valence-corrected chi connectivity index (χ3v) is 7.26. The van der Waals surface area contributed by atoms with Crippen molar-refractivity contribution in [2.45, 2.75) is 84.1 Å². The van der Waals surface area contributed by atoms with Crippen molar-refractivity contribution in [2.75, 3.05) is 32.7 Å². The fourth-order valence-corrected chi connectivity index (χ4v) is 4.20. The summed E-state index contributed by atoms with van der Waals surface area (Å²) in [5.74, 6) is -1.00. The highest BCUT2D eigenvalue weighted by atomic mass is 16.6. The van der Waals surface area contributed by atoms with Crippen LogP contribution in [0.2, 0.25) is 0 Å². The lowest BCUT2D eigenvalue weighted by Crippen LogP contribution is -2.57. The minimum Gasteiger partial charge on any atom is -0.464 e. The van der Waals surface area contributed by atoms with Gasteiger partial charge in [-0.15, -0.1) is 0 Å². The van der Waals surface area contributed by atoms with E-state index in [9.17, 15) is 19.7 Å². The number of carbonyl (C=O) groups excluding carboxylic acids is 2. The van der Waals surface area contributed by atoms with Crippen LogP contribution in [0, 0.1) is 0 Å². The molecule has 10 nitrogen and oxygen atoms in total. The van der Waals surface area contributed by atoms with Gasteiger partial charge < -0.3 is 34.2 Å². The second kappa shape index (κ2) is 12.3. The van der Waals surface area contributed by atoms with Gasteiger partial charge in [0.1, 0.15) is 11.2 Å². The van der Waals surface area contributed by atoms with Crippen LogP contribution in [0.5, 0.6) is 0 Å². The number of nitrogens with zero attached hydrogens (tertiary/aromatic N) is 2. The standard InChI is InChI=1S/C28H44BN3O7/c1-26(2,3)38-25(34)32-16-14-31(15-17-32)13-12-24(33)30-23(29(36)39-28(6,7)27(4,5)35)18-20-19-37-22-11-9-8-10-21(20)22/h8-11,19,23,35-36H,12-18H2,1-7H3,(H,30,33)/t23-/m0/s1. The van der Waals surface area contributed by atoms with Crippen molar-refractivity contribution in [3.05, 3.63) is 36.1 Å². The molecule has 0 bridgehead atoms. The van der Waals surface area contributed by atoms with Gasteiger partial charge in [0, 0.05) is 44.5 Å². The molecule has 2 heterocycles. The first-order valence-corrected chi connectivity index (χ1v) is 13.6. The molecule has 1 aromatic heterocycles. The smallest absolute Gasteiger partial charge is 0.464 e. The zero-order valence-corrected chi connectivity index (χ0v) is 24.3. The summed E-state index contributed by atoms with van der Waals surface area (Å²) >= 11 is 0. The zero-order valence-electron chi connectivity index (χ0n) is 24.3. The number of hydrogen-bond donors (Lipinski definition) is 3. The van der Waals surface area contributed by atoms with E-state index in [-0.39, 0.29) is 24.8 Å². The number of carbonyl (C=O) groups is 2. The van der Waals surface area contributed by atoms with Gasteiger partial charge in [0.15, 0.2) is 0 Å². The Kier molecular flexibility index (Phi) is 9.75. The summed E-state index contributed by atoms with van der Waals surface area (Å²) in [6, 6.07) is 7.57. The fraction of sp³-hybridized carbons (Fsp3) is 0.643. The molecule has 0 unspecified atom stereocenters. The molecule has 1 aliphatic rings. The predicted octanol–water partition coefficient (Wildman–Crippen LogP) is 2.99. The highest BCUT2D eigenvalue weighted by Gasteiger charge is 2.42. The van der Waals surface area contributed by atoms with Crippen LogP contribution in [-0.2, 0) is 20.6 Å². The van der Waals surface area contributed by atoms with E-state index >= 15 is 0 Å². The Balaban J connectivity index is 1.60. The average molecular weight is 545 g/mol. The summed E-state index contributed by atoms with van der Waals surface area (Å²) in [4.78, 5) is 29.1. The maximum atomic E-state index is 13.0. The molecule has 1 fully saturated rings. The van der Waals surface area contributed by atoms with Gasteiger partial charge >= 0.3 is 13.2 Å². The predicted molar refractivity (Wildman–Crippen MR) is 150 cm³/mol. The molecule has 0 aliphatic carbocycles. The molecule has 3 rings (SSSR count). The van der Waals surface area contributed by atoms with Crippen molar-refractivity contribution in [3.8, 4) is 0 Å². The van der Waals surface area contributed by atoms with E-state index < -0.39 is 29.9 Å². The summed E-state index contributed by atoms with van der Waals surface area (Å²) < 4.78 is 17.0. The lowest BCUT2D eigenvalue weighted by atomic mass is 9.73. The van der Waals surface area contributed by atoms with E-state index in [1.165, 1.54) is 0 Å². The molecule has 2 aromatic rings. The van der Waals surface area contributed by atoms with Gasteiger partial charge in [0.25, 0.3) is 0 Å². The van der Waals surface area contributed by atoms with E-state index in [0.29, 0.717) is 32.7 Å². The minimum atomic E-state index is -1.37. The van der Waals surface area contributed by atoms with Crippen LogP contribution >= 0.6 is 0 Å². The van der Waals surface area contributed by atoms with Crippen LogP contribution in [0.4, 0.5) is 4.79 Å². The summed E-state index contributed by atoms with van der Waals surface area (Å²) in [5.41, 5.74) is -1.30. The molecule has 0 spiro atoms. The van der Waals surface area contributed by atoms with Crippen molar-refractivity contribution >= 4 is 30.1 Å². The minimum absolute atomic E-state index is 0.219. The summed E-state index contributed by atoms with van der Waals surface area (Å²) in [6.45, 7) is 15.0. The van der Waals surface area contributed by atoms with Gasteiger partial charge in [0.05, 0.1) is 23.4 Å². The molecule has 2 amide bonds. The number of aliphatic hydroxyl groups is 1. The van der Waals surface area contributed by atoms with Crippen LogP contribution in [-0.4, -0.2) is 94.5 Å². The van der Waals surface area contributed by atoms with Crippen molar-refractivity contribution in [2.24, 2.45) is 0 Å². The summed E-state index contributed by atoms with van der Waals surface area (Å²) in [6.07, 6.45) is 1.80. The quantitative estimate of drug-likeness (QED) is 0.390. The monoisotopic (exact) mass is 545 g/mol. The van der Waals surface area contributed by atoms with E-state index in [2.05, 4.69) is 10.2 Å². The van der Waals surface area contributed by atoms with E-state index in [1.807, 2.05) is 45.0 Å². The van der Waals surface area contributed by atoms with Crippen LogP contribution in [0.3, 0.4) is 0 Å². The van der Waals surface area contributed by atoms with Crippen molar-refractivity contribution < 1.29 is 33.5 Å². The zero-order chi connectivity index (χ0) is 29.0. The molecule has 1 atom stereocenters. The highest BCUT2D eigenvalue weighted by molar-refractivity contribution is 6.45. The maximum absolute atomic E-state index is 13.0. The number of hydrogen-bond acceptors (Lipinski definition) is 8. The van der Waals surface area contributed by atoms with Gasteiger partial charge in [-0.3, -0.25) is 9.69 Å². The van der Waals surface area contributed by atoms with Crippen molar-refractivity contribution in [3.63, 3.8) is 0 Å². The largest absolute Gasteiger partial charge is 0.479 e. The Morgan fingerprint density at radius 2 is 1.72 bits per heavy atom. The normalized spacial score (nSPS) is 16.3. The third kappa shape index (κ3) is 8.70. The Morgan fingerprint density at radius 1 is 1.08 bits per heavy atom.